The third kappa shape index (κ3) is 12.1. The Morgan fingerprint density at radius 2 is 1.25 bits per heavy atom. The van der Waals surface area contributed by atoms with Gasteiger partial charge in [-0.1, -0.05) is 0 Å². The van der Waals surface area contributed by atoms with Crippen LogP contribution in [0, 0.1) is 0 Å². The van der Waals surface area contributed by atoms with E-state index in [0.29, 0.717) is 5.75 Å². The minimum Gasteiger partial charge on any atom is -0.481 e. The number of thioether (sulfide) groups is 1. The smallest absolute Gasteiger partial charge is 0.325 e. The van der Waals surface area contributed by atoms with Crippen LogP contribution in [0.3, 0.4) is 0 Å². The molecule has 182 valence electrons. The van der Waals surface area contributed by atoms with E-state index in [1.807, 2.05) is 0 Å². The predicted molar refractivity (Wildman–Crippen MR) is 114 cm³/mol. The van der Waals surface area contributed by atoms with E-state index in [9.17, 15) is 28.8 Å². The van der Waals surface area contributed by atoms with Crippen LogP contribution in [0.2, 0.25) is 0 Å². The van der Waals surface area contributed by atoms with E-state index in [2.05, 4.69) is 16.0 Å². The molecule has 13 nitrogen and oxygen atoms in total. The fourth-order valence-electron chi connectivity index (χ4n) is 2.38. The van der Waals surface area contributed by atoms with Gasteiger partial charge in [-0.05, 0) is 38.2 Å². The zero-order valence-electron chi connectivity index (χ0n) is 17.8. The summed E-state index contributed by atoms with van der Waals surface area (Å²) in [6, 6.07) is -4.92. The van der Waals surface area contributed by atoms with Crippen molar-refractivity contribution >= 4 is 47.4 Å². The number of hydrogen-bond acceptors (Lipinski definition) is 8. The number of rotatable bonds is 16. The van der Waals surface area contributed by atoms with E-state index in [0.717, 1.165) is 0 Å². The molecule has 3 amide bonds. The second kappa shape index (κ2) is 15.0. The van der Waals surface area contributed by atoms with Crippen LogP contribution in [0.4, 0.5) is 0 Å². The number of aliphatic carboxylic acids is 3. The highest BCUT2D eigenvalue weighted by molar-refractivity contribution is 7.98. The van der Waals surface area contributed by atoms with Gasteiger partial charge in [-0.15, -0.1) is 0 Å². The van der Waals surface area contributed by atoms with Gasteiger partial charge in [-0.25, -0.2) is 0 Å². The molecule has 0 radical (unpaired) electrons. The average molecular weight is 479 g/mol. The molecule has 0 heterocycles. The third-order valence-electron chi connectivity index (χ3n) is 4.26. The maximum atomic E-state index is 12.7. The largest absolute Gasteiger partial charge is 0.481 e. The Labute approximate surface area is 188 Å². The second-order valence-corrected chi connectivity index (χ2v) is 7.93. The van der Waals surface area contributed by atoms with Crippen LogP contribution in [-0.4, -0.2) is 87.1 Å². The van der Waals surface area contributed by atoms with Gasteiger partial charge in [0.1, 0.15) is 18.1 Å². The lowest BCUT2D eigenvalue weighted by Gasteiger charge is -2.24. The maximum Gasteiger partial charge on any atom is 0.325 e. The van der Waals surface area contributed by atoms with Gasteiger partial charge in [-0.2, -0.15) is 11.8 Å². The molecule has 4 atom stereocenters. The maximum absolute atomic E-state index is 12.7. The topological polar surface area (TPSA) is 225 Å². The highest BCUT2D eigenvalue weighted by atomic mass is 32.2. The third-order valence-corrected chi connectivity index (χ3v) is 4.90. The molecule has 0 saturated heterocycles. The summed E-state index contributed by atoms with van der Waals surface area (Å²) in [5.41, 5.74) is 5.66. The first-order valence-corrected chi connectivity index (χ1v) is 11.1. The molecule has 0 aliphatic carbocycles. The fraction of sp³-hybridized carbons (Fsp3) is 0.667. The Morgan fingerprint density at radius 3 is 1.75 bits per heavy atom. The van der Waals surface area contributed by atoms with Crippen LogP contribution in [0.5, 0.6) is 0 Å². The van der Waals surface area contributed by atoms with Gasteiger partial charge < -0.3 is 37.0 Å². The van der Waals surface area contributed by atoms with E-state index < -0.39 is 66.2 Å². The first-order chi connectivity index (χ1) is 14.9. The van der Waals surface area contributed by atoms with Gasteiger partial charge >= 0.3 is 17.9 Å². The Kier molecular flexibility index (Phi) is 13.7. The van der Waals surface area contributed by atoms with E-state index in [1.165, 1.54) is 18.7 Å². The number of carbonyl (C=O) groups is 6. The summed E-state index contributed by atoms with van der Waals surface area (Å²) in [4.78, 5) is 69.9. The molecule has 0 aliphatic rings. The van der Waals surface area contributed by atoms with Gasteiger partial charge in [0.2, 0.25) is 17.7 Å². The second-order valence-electron chi connectivity index (χ2n) is 6.94. The first kappa shape index (κ1) is 29.1. The van der Waals surface area contributed by atoms with Gasteiger partial charge in [-0.3, -0.25) is 28.8 Å². The van der Waals surface area contributed by atoms with Crippen molar-refractivity contribution in [3.63, 3.8) is 0 Å². The zero-order valence-corrected chi connectivity index (χ0v) is 18.6. The Morgan fingerprint density at radius 1 is 0.781 bits per heavy atom. The van der Waals surface area contributed by atoms with Crippen LogP contribution >= 0.6 is 11.8 Å². The summed E-state index contributed by atoms with van der Waals surface area (Å²) in [7, 11) is 0. The van der Waals surface area contributed by atoms with Crippen molar-refractivity contribution in [2.75, 3.05) is 12.0 Å². The van der Waals surface area contributed by atoms with Crippen LogP contribution < -0.4 is 21.7 Å². The van der Waals surface area contributed by atoms with Crippen molar-refractivity contribution in [3.8, 4) is 0 Å². The SMILES string of the molecule is CSCCC(NC(=O)C(N)CCC(=O)O)C(=O)NC(CCC(=O)O)C(=O)NC(C)C(=O)O. The summed E-state index contributed by atoms with van der Waals surface area (Å²) in [5, 5.41) is 33.5. The summed E-state index contributed by atoms with van der Waals surface area (Å²) < 4.78 is 0. The summed E-state index contributed by atoms with van der Waals surface area (Å²) >= 11 is 1.39. The summed E-state index contributed by atoms with van der Waals surface area (Å²) in [6.07, 6.45) is 0.668. The van der Waals surface area contributed by atoms with E-state index in [1.54, 1.807) is 6.26 Å². The lowest BCUT2D eigenvalue weighted by atomic mass is 10.1. The minimum absolute atomic E-state index is 0.144. The van der Waals surface area contributed by atoms with Crippen LogP contribution in [0.1, 0.15) is 39.0 Å². The molecule has 8 N–H and O–H groups in total. The van der Waals surface area contributed by atoms with Crippen molar-refractivity contribution in [2.45, 2.75) is 63.2 Å². The molecule has 0 aromatic rings. The number of hydrogen-bond donors (Lipinski definition) is 7. The lowest BCUT2D eigenvalue weighted by molar-refractivity contribution is -0.142. The normalized spacial score (nSPS) is 14.3. The highest BCUT2D eigenvalue weighted by Crippen LogP contribution is 2.06. The minimum atomic E-state index is -1.35. The van der Waals surface area contributed by atoms with E-state index in [4.69, 9.17) is 21.1 Å². The zero-order chi connectivity index (χ0) is 24.8. The van der Waals surface area contributed by atoms with Crippen molar-refractivity contribution in [2.24, 2.45) is 5.73 Å². The van der Waals surface area contributed by atoms with Crippen molar-refractivity contribution in [1.29, 1.82) is 0 Å². The van der Waals surface area contributed by atoms with Crippen molar-refractivity contribution < 1.29 is 44.1 Å². The van der Waals surface area contributed by atoms with Crippen molar-refractivity contribution in [1.82, 2.24) is 16.0 Å². The molecule has 0 saturated carbocycles. The van der Waals surface area contributed by atoms with Gasteiger partial charge in [0.05, 0.1) is 6.04 Å². The molecule has 4 unspecified atom stereocenters. The van der Waals surface area contributed by atoms with Crippen LogP contribution in [0.25, 0.3) is 0 Å². The Balaban J connectivity index is 5.33. The van der Waals surface area contributed by atoms with Crippen LogP contribution in [0.15, 0.2) is 0 Å². The molecule has 0 fully saturated rings. The van der Waals surface area contributed by atoms with Crippen molar-refractivity contribution in [3.05, 3.63) is 0 Å². The number of amides is 3. The first-order valence-electron chi connectivity index (χ1n) is 9.71. The van der Waals surface area contributed by atoms with E-state index >= 15 is 0 Å². The molecule has 0 aliphatic heterocycles. The predicted octanol–water partition coefficient (Wildman–Crippen LogP) is -1.64. The molecule has 0 aromatic carbocycles. The molecular weight excluding hydrogens is 448 g/mol. The van der Waals surface area contributed by atoms with E-state index in [-0.39, 0.29) is 25.7 Å². The molecule has 0 spiro atoms. The Hall–Kier alpha value is -2.87. The van der Waals surface area contributed by atoms with Gasteiger partial charge in [0, 0.05) is 12.8 Å². The monoisotopic (exact) mass is 478 g/mol. The molecule has 0 bridgehead atoms. The fourth-order valence-corrected chi connectivity index (χ4v) is 2.85. The number of nitrogens with two attached hydrogens (primary N) is 1. The lowest BCUT2D eigenvalue weighted by Crippen LogP contribution is -2.57. The standard InChI is InChI=1S/C18H30N4O9S/c1-9(18(30)31)20-16(28)11(4-6-14(25)26)22-17(29)12(7-8-32-2)21-15(27)10(19)3-5-13(23)24/h9-12H,3-8,19H2,1-2H3,(H,20,28)(H,21,27)(H,22,29)(H,23,24)(H,25,26)(H,30,31). The average Bonchev–Trinajstić information content (AvgIpc) is 2.71. The quantitative estimate of drug-likeness (QED) is 0.133. The summed E-state index contributed by atoms with van der Waals surface area (Å²) in [6.45, 7) is 1.20. The number of carbonyl (C=O) groups excluding carboxylic acids is 3. The number of nitrogens with one attached hydrogen (secondary N) is 3. The van der Waals surface area contributed by atoms with Gasteiger partial charge in [0.25, 0.3) is 0 Å². The molecule has 14 heteroatoms. The molecule has 0 rings (SSSR count). The molecule has 32 heavy (non-hydrogen) atoms. The van der Waals surface area contributed by atoms with Gasteiger partial charge in [0.15, 0.2) is 0 Å². The summed E-state index contributed by atoms with van der Waals surface area (Å²) in [5.74, 6) is -5.65. The molecular formula is C18H30N4O9S. The number of carboxylic acids is 3. The van der Waals surface area contributed by atoms with Crippen LogP contribution in [-0.2, 0) is 28.8 Å². The highest BCUT2D eigenvalue weighted by Gasteiger charge is 2.29. The number of carboxylic acid groups (broad SMARTS) is 3. The Bertz CT molecular complexity index is 704. The molecule has 0 aromatic heterocycles.